The van der Waals surface area contributed by atoms with Crippen LogP contribution in [0.1, 0.15) is 11.5 Å². The number of nitrogens with zero attached hydrogens (tertiary/aromatic N) is 2. The Bertz CT molecular complexity index is 1280. The van der Waals surface area contributed by atoms with Crippen LogP contribution in [0.3, 0.4) is 0 Å². The molecule has 0 atom stereocenters. The molecule has 0 amide bonds. The number of anilines is 1. The van der Waals surface area contributed by atoms with Crippen LogP contribution in [-0.4, -0.2) is 27.6 Å². The van der Waals surface area contributed by atoms with E-state index in [0.717, 1.165) is 11.3 Å². The molecule has 0 bridgehead atoms. The van der Waals surface area contributed by atoms with Crippen molar-refractivity contribution in [3.8, 4) is 23.0 Å². The van der Waals surface area contributed by atoms with Gasteiger partial charge in [0, 0.05) is 5.56 Å². The van der Waals surface area contributed by atoms with E-state index in [9.17, 15) is 8.42 Å². The monoisotopic (exact) mass is 470 g/mol. The minimum Gasteiger partial charge on any atom is -0.497 e. The Labute approximate surface area is 190 Å². The molecule has 2 heterocycles. The number of methoxy groups -OCH3 is 2. The molecule has 0 saturated heterocycles. The van der Waals surface area contributed by atoms with Crippen LogP contribution in [-0.2, 0) is 16.6 Å². The molecule has 4 aromatic rings. The van der Waals surface area contributed by atoms with Crippen LogP contribution >= 0.6 is 11.3 Å². The number of aromatic nitrogens is 1. The van der Waals surface area contributed by atoms with E-state index in [-0.39, 0.29) is 10.8 Å². The van der Waals surface area contributed by atoms with Crippen LogP contribution < -0.4 is 13.8 Å². The minimum atomic E-state index is -3.80. The van der Waals surface area contributed by atoms with Gasteiger partial charge < -0.3 is 13.9 Å². The molecule has 166 valence electrons. The Balaban J connectivity index is 1.71. The van der Waals surface area contributed by atoms with Gasteiger partial charge in [-0.2, -0.15) is 0 Å². The van der Waals surface area contributed by atoms with Gasteiger partial charge in [-0.1, -0.05) is 6.07 Å². The molecular formula is C23H22N2O5S2. The molecule has 9 heteroatoms. The Kier molecular flexibility index (Phi) is 6.20. The molecule has 0 spiro atoms. The first kappa shape index (κ1) is 21.9. The normalized spacial score (nSPS) is 11.3. The zero-order valence-electron chi connectivity index (χ0n) is 17.8. The lowest BCUT2D eigenvalue weighted by molar-refractivity contribution is 0.414. The van der Waals surface area contributed by atoms with E-state index >= 15 is 0 Å². The van der Waals surface area contributed by atoms with Gasteiger partial charge >= 0.3 is 0 Å². The molecular weight excluding hydrogens is 448 g/mol. The summed E-state index contributed by atoms with van der Waals surface area (Å²) in [5, 5.41) is 1.74. The van der Waals surface area contributed by atoms with Gasteiger partial charge in [-0.05, 0) is 66.9 Å². The SMILES string of the molecule is COc1ccc(-c2nc(CN(c3ccc(OC)cc3)S(=O)(=O)c3cccs3)c(C)o2)cc1. The fourth-order valence-electron chi connectivity index (χ4n) is 3.15. The number of oxazole rings is 1. The van der Waals surface area contributed by atoms with E-state index in [4.69, 9.17) is 13.9 Å². The molecule has 4 rings (SSSR count). The molecule has 0 fully saturated rings. The van der Waals surface area contributed by atoms with Gasteiger partial charge in [0.2, 0.25) is 5.89 Å². The Hall–Kier alpha value is -3.30. The Morgan fingerprint density at radius 3 is 2.16 bits per heavy atom. The highest BCUT2D eigenvalue weighted by Gasteiger charge is 2.28. The summed E-state index contributed by atoms with van der Waals surface area (Å²) in [6.45, 7) is 1.80. The van der Waals surface area contributed by atoms with Gasteiger partial charge in [-0.15, -0.1) is 11.3 Å². The molecule has 2 aromatic heterocycles. The number of thiophene rings is 1. The Morgan fingerprint density at radius 2 is 1.59 bits per heavy atom. The number of rotatable bonds is 8. The zero-order chi connectivity index (χ0) is 22.7. The first-order chi connectivity index (χ1) is 15.4. The average molecular weight is 471 g/mol. The van der Waals surface area contributed by atoms with E-state index in [1.165, 1.54) is 15.6 Å². The third-order valence-corrected chi connectivity index (χ3v) is 8.07. The van der Waals surface area contributed by atoms with Crippen molar-refractivity contribution >= 4 is 27.0 Å². The van der Waals surface area contributed by atoms with Crippen molar-refractivity contribution < 1.29 is 22.3 Å². The number of hydrogen-bond donors (Lipinski definition) is 0. The van der Waals surface area contributed by atoms with E-state index in [0.29, 0.717) is 28.8 Å². The Morgan fingerprint density at radius 1 is 0.969 bits per heavy atom. The highest BCUT2D eigenvalue weighted by atomic mass is 32.2. The summed E-state index contributed by atoms with van der Waals surface area (Å²) >= 11 is 1.17. The van der Waals surface area contributed by atoms with Gasteiger partial charge in [0.15, 0.2) is 0 Å². The van der Waals surface area contributed by atoms with Gasteiger partial charge in [0.25, 0.3) is 10.0 Å². The maximum atomic E-state index is 13.4. The van der Waals surface area contributed by atoms with Crippen LogP contribution in [0.5, 0.6) is 11.5 Å². The second-order valence-corrected chi connectivity index (χ2v) is 9.93. The highest BCUT2D eigenvalue weighted by molar-refractivity contribution is 7.94. The maximum absolute atomic E-state index is 13.4. The van der Waals surface area contributed by atoms with Gasteiger partial charge in [-0.3, -0.25) is 4.31 Å². The van der Waals surface area contributed by atoms with Crippen LogP contribution in [0.2, 0.25) is 0 Å². The second-order valence-electron chi connectivity index (χ2n) is 6.89. The molecule has 32 heavy (non-hydrogen) atoms. The van der Waals surface area contributed by atoms with Gasteiger partial charge in [-0.25, -0.2) is 13.4 Å². The second kappa shape index (κ2) is 9.05. The smallest absolute Gasteiger partial charge is 0.274 e. The molecule has 0 aliphatic rings. The quantitative estimate of drug-likeness (QED) is 0.355. The highest BCUT2D eigenvalue weighted by Crippen LogP contribution is 2.31. The molecule has 0 N–H and O–H groups in total. The summed E-state index contributed by atoms with van der Waals surface area (Å²) in [5.41, 5.74) is 1.82. The van der Waals surface area contributed by atoms with Crippen LogP contribution in [0.15, 0.2) is 74.7 Å². The standard InChI is InChI=1S/C23H22N2O5S2/c1-16-21(24-23(30-16)17-6-10-19(28-2)11-7-17)15-25(18-8-12-20(29-3)13-9-18)32(26,27)22-5-4-14-31-22/h4-14H,15H2,1-3H3. The fraction of sp³-hybridized carbons (Fsp3) is 0.174. The predicted octanol–water partition coefficient (Wildman–Crippen LogP) is 5.12. The van der Waals surface area contributed by atoms with Crippen molar-refractivity contribution in [3.63, 3.8) is 0 Å². The summed E-state index contributed by atoms with van der Waals surface area (Å²) in [6.07, 6.45) is 0. The summed E-state index contributed by atoms with van der Waals surface area (Å²) in [6, 6.07) is 17.5. The van der Waals surface area contributed by atoms with Crippen molar-refractivity contribution in [2.24, 2.45) is 0 Å². The first-order valence-electron chi connectivity index (χ1n) is 9.73. The number of sulfonamides is 1. The third kappa shape index (κ3) is 4.35. The van der Waals surface area contributed by atoms with Gasteiger partial charge in [0.05, 0.1) is 26.5 Å². The van der Waals surface area contributed by atoms with Crippen molar-refractivity contribution in [3.05, 3.63) is 77.5 Å². The minimum absolute atomic E-state index is 0.0258. The van der Waals surface area contributed by atoms with Gasteiger partial charge in [0.1, 0.15) is 27.2 Å². The summed E-state index contributed by atoms with van der Waals surface area (Å²) in [5.74, 6) is 2.34. The molecule has 0 saturated carbocycles. The van der Waals surface area contributed by atoms with E-state index in [2.05, 4.69) is 4.98 Å². The third-order valence-electron chi connectivity index (χ3n) is 4.92. The molecule has 0 unspecified atom stereocenters. The maximum Gasteiger partial charge on any atom is 0.274 e. The average Bonchev–Trinajstić information content (AvgIpc) is 3.48. The van der Waals surface area contributed by atoms with Crippen LogP contribution in [0.4, 0.5) is 5.69 Å². The molecule has 0 aliphatic carbocycles. The van der Waals surface area contributed by atoms with E-state index in [1.54, 1.807) is 62.9 Å². The molecule has 2 aromatic carbocycles. The molecule has 7 nitrogen and oxygen atoms in total. The molecule has 0 radical (unpaired) electrons. The molecule has 0 aliphatic heterocycles. The number of hydrogen-bond acceptors (Lipinski definition) is 7. The van der Waals surface area contributed by atoms with E-state index in [1.807, 2.05) is 24.3 Å². The predicted molar refractivity (Wildman–Crippen MR) is 124 cm³/mol. The lowest BCUT2D eigenvalue weighted by Crippen LogP contribution is -2.30. The first-order valence-corrected chi connectivity index (χ1v) is 12.1. The lowest BCUT2D eigenvalue weighted by Gasteiger charge is -2.23. The number of aryl methyl sites for hydroxylation is 1. The summed E-state index contributed by atoms with van der Waals surface area (Å²) < 4.78 is 44.7. The topological polar surface area (TPSA) is 81.9 Å². The number of ether oxygens (including phenoxy) is 2. The van der Waals surface area contributed by atoms with Crippen molar-refractivity contribution in [2.75, 3.05) is 18.5 Å². The summed E-state index contributed by atoms with van der Waals surface area (Å²) in [4.78, 5) is 4.59. The van der Waals surface area contributed by atoms with Crippen molar-refractivity contribution in [1.29, 1.82) is 0 Å². The van der Waals surface area contributed by atoms with Crippen molar-refractivity contribution in [2.45, 2.75) is 17.7 Å². The summed E-state index contributed by atoms with van der Waals surface area (Å²) in [7, 11) is -0.631. The zero-order valence-corrected chi connectivity index (χ0v) is 19.4. The van der Waals surface area contributed by atoms with Crippen LogP contribution in [0.25, 0.3) is 11.5 Å². The van der Waals surface area contributed by atoms with E-state index < -0.39 is 10.0 Å². The number of benzene rings is 2. The van der Waals surface area contributed by atoms with Crippen molar-refractivity contribution in [1.82, 2.24) is 4.98 Å². The fourth-order valence-corrected chi connectivity index (χ4v) is 5.68. The van der Waals surface area contributed by atoms with Crippen LogP contribution in [0, 0.1) is 6.92 Å². The largest absolute Gasteiger partial charge is 0.497 e. The lowest BCUT2D eigenvalue weighted by atomic mass is 10.2.